The van der Waals surface area contributed by atoms with Crippen LogP contribution in [0.25, 0.3) is 0 Å². The van der Waals surface area contributed by atoms with Crippen LogP contribution in [0.4, 0.5) is 0 Å². The van der Waals surface area contributed by atoms with Crippen LogP contribution in [0.3, 0.4) is 0 Å². The van der Waals surface area contributed by atoms with E-state index in [0.717, 1.165) is 11.3 Å². The molecule has 0 bridgehead atoms. The first-order valence-electron chi connectivity index (χ1n) is 4.34. The lowest BCUT2D eigenvalue weighted by Gasteiger charge is -1.95. The predicted octanol–water partition coefficient (Wildman–Crippen LogP) is 2.57. The standard InChI is InChI=1S/C10H12O2/c1-7-9(4-5-12-7)10(11)6-8-2-3-8/h4-5,8H,2-3,6H2,1H3. The van der Waals surface area contributed by atoms with E-state index in [2.05, 4.69) is 0 Å². The Morgan fingerprint density at radius 1 is 1.67 bits per heavy atom. The molecule has 2 heteroatoms. The number of aryl methyl sites for hydroxylation is 1. The summed E-state index contributed by atoms with van der Waals surface area (Å²) in [5.41, 5.74) is 0.766. The van der Waals surface area contributed by atoms with Crippen molar-refractivity contribution in [2.45, 2.75) is 26.2 Å². The number of furan rings is 1. The molecule has 0 atom stereocenters. The van der Waals surface area contributed by atoms with Crippen LogP contribution < -0.4 is 0 Å². The van der Waals surface area contributed by atoms with Crippen LogP contribution in [-0.2, 0) is 0 Å². The summed E-state index contributed by atoms with van der Waals surface area (Å²) in [4.78, 5) is 11.5. The largest absolute Gasteiger partial charge is 0.469 e. The van der Waals surface area contributed by atoms with E-state index in [0.29, 0.717) is 12.3 Å². The molecule has 0 unspecified atom stereocenters. The van der Waals surface area contributed by atoms with Crippen molar-refractivity contribution < 1.29 is 9.21 Å². The summed E-state index contributed by atoms with van der Waals surface area (Å²) in [7, 11) is 0. The molecule has 0 radical (unpaired) electrons. The van der Waals surface area contributed by atoms with Crippen molar-refractivity contribution in [1.82, 2.24) is 0 Å². The summed E-state index contributed by atoms with van der Waals surface area (Å²) < 4.78 is 5.07. The maximum absolute atomic E-state index is 11.5. The van der Waals surface area contributed by atoms with Gasteiger partial charge in [0.2, 0.25) is 0 Å². The second-order valence-electron chi connectivity index (χ2n) is 3.46. The molecule has 1 saturated carbocycles. The van der Waals surface area contributed by atoms with Gasteiger partial charge in [-0.3, -0.25) is 4.79 Å². The van der Waals surface area contributed by atoms with E-state index in [-0.39, 0.29) is 5.78 Å². The zero-order valence-electron chi connectivity index (χ0n) is 7.17. The second kappa shape index (κ2) is 2.77. The highest BCUT2D eigenvalue weighted by molar-refractivity contribution is 5.97. The minimum absolute atomic E-state index is 0.240. The Kier molecular flexibility index (Phi) is 1.75. The van der Waals surface area contributed by atoms with Gasteiger partial charge >= 0.3 is 0 Å². The molecule has 1 fully saturated rings. The van der Waals surface area contributed by atoms with Crippen molar-refractivity contribution in [1.29, 1.82) is 0 Å². The molecule has 1 aromatic heterocycles. The number of ketones is 1. The highest BCUT2D eigenvalue weighted by Crippen LogP contribution is 2.33. The van der Waals surface area contributed by atoms with Crippen molar-refractivity contribution in [2.75, 3.05) is 0 Å². The summed E-state index contributed by atoms with van der Waals surface area (Å²) in [5, 5.41) is 0. The van der Waals surface area contributed by atoms with Crippen LogP contribution in [0.5, 0.6) is 0 Å². The fourth-order valence-corrected chi connectivity index (χ4v) is 1.37. The number of hydrogen-bond acceptors (Lipinski definition) is 2. The lowest BCUT2D eigenvalue weighted by molar-refractivity contribution is 0.0974. The molecule has 1 aromatic rings. The smallest absolute Gasteiger partial charge is 0.166 e. The summed E-state index contributed by atoms with van der Waals surface area (Å²) in [5.74, 6) is 1.65. The first kappa shape index (κ1) is 7.59. The molecule has 0 spiro atoms. The van der Waals surface area contributed by atoms with Crippen LogP contribution in [0.1, 0.15) is 35.4 Å². The molecule has 1 heterocycles. The van der Waals surface area contributed by atoms with E-state index in [1.807, 2.05) is 6.92 Å². The Labute approximate surface area is 71.6 Å². The normalized spacial score (nSPS) is 16.4. The highest BCUT2D eigenvalue weighted by atomic mass is 16.3. The third kappa shape index (κ3) is 1.42. The van der Waals surface area contributed by atoms with Gasteiger partial charge in [-0.05, 0) is 31.7 Å². The summed E-state index contributed by atoms with van der Waals surface area (Å²) >= 11 is 0. The molecule has 1 aliphatic carbocycles. The minimum atomic E-state index is 0.240. The van der Waals surface area contributed by atoms with Crippen LogP contribution >= 0.6 is 0 Å². The first-order chi connectivity index (χ1) is 5.77. The molecule has 0 aromatic carbocycles. The molecule has 12 heavy (non-hydrogen) atoms. The first-order valence-corrected chi connectivity index (χ1v) is 4.34. The zero-order valence-corrected chi connectivity index (χ0v) is 7.17. The van der Waals surface area contributed by atoms with Gasteiger partial charge < -0.3 is 4.42 Å². The monoisotopic (exact) mass is 164 g/mol. The molecule has 1 aliphatic rings. The van der Waals surface area contributed by atoms with Gasteiger partial charge in [-0.2, -0.15) is 0 Å². The van der Waals surface area contributed by atoms with Crippen LogP contribution in [-0.4, -0.2) is 5.78 Å². The minimum Gasteiger partial charge on any atom is -0.469 e. The van der Waals surface area contributed by atoms with E-state index in [1.165, 1.54) is 12.8 Å². The van der Waals surface area contributed by atoms with Gasteiger partial charge in [0.1, 0.15) is 5.76 Å². The van der Waals surface area contributed by atoms with E-state index in [9.17, 15) is 4.79 Å². The quantitative estimate of drug-likeness (QED) is 0.643. The number of carbonyl (C=O) groups excluding carboxylic acids is 1. The maximum atomic E-state index is 11.5. The van der Waals surface area contributed by atoms with E-state index in [4.69, 9.17) is 4.42 Å². The fourth-order valence-electron chi connectivity index (χ4n) is 1.37. The van der Waals surface area contributed by atoms with Gasteiger partial charge in [0.25, 0.3) is 0 Å². The number of Topliss-reactive ketones (excluding diaryl/α,β-unsaturated/α-hetero) is 1. The SMILES string of the molecule is Cc1occc1C(=O)CC1CC1. The number of carbonyl (C=O) groups is 1. The third-order valence-corrected chi connectivity index (χ3v) is 2.33. The molecule has 0 amide bonds. The van der Waals surface area contributed by atoms with Gasteiger partial charge in [0.05, 0.1) is 11.8 Å². The van der Waals surface area contributed by atoms with Gasteiger partial charge in [-0.1, -0.05) is 0 Å². The highest BCUT2D eigenvalue weighted by Gasteiger charge is 2.25. The number of hydrogen-bond donors (Lipinski definition) is 0. The van der Waals surface area contributed by atoms with Gasteiger partial charge in [0, 0.05) is 6.42 Å². The Balaban J connectivity index is 2.07. The Hall–Kier alpha value is -1.05. The van der Waals surface area contributed by atoms with Crippen LogP contribution in [0.2, 0.25) is 0 Å². The Bertz CT molecular complexity index is 295. The van der Waals surface area contributed by atoms with Gasteiger partial charge in [-0.25, -0.2) is 0 Å². The zero-order chi connectivity index (χ0) is 8.55. The average molecular weight is 164 g/mol. The Morgan fingerprint density at radius 2 is 2.42 bits per heavy atom. The van der Waals surface area contributed by atoms with Gasteiger partial charge in [0.15, 0.2) is 5.78 Å². The van der Waals surface area contributed by atoms with Crippen molar-refractivity contribution in [3.8, 4) is 0 Å². The summed E-state index contributed by atoms with van der Waals surface area (Å²) in [6, 6.07) is 1.76. The van der Waals surface area contributed by atoms with Crippen molar-refractivity contribution in [3.05, 3.63) is 23.7 Å². The second-order valence-corrected chi connectivity index (χ2v) is 3.46. The van der Waals surface area contributed by atoms with Crippen LogP contribution in [0, 0.1) is 12.8 Å². The van der Waals surface area contributed by atoms with Crippen molar-refractivity contribution in [2.24, 2.45) is 5.92 Å². The number of rotatable bonds is 3. The lowest BCUT2D eigenvalue weighted by Crippen LogP contribution is -1.99. The topological polar surface area (TPSA) is 30.2 Å². The fraction of sp³-hybridized carbons (Fsp3) is 0.500. The molecule has 64 valence electrons. The molecule has 2 rings (SSSR count). The molecular weight excluding hydrogens is 152 g/mol. The van der Waals surface area contributed by atoms with Crippen molar-refractivity contribution >= 4 is 5.78 Å². The molecule has 0 aliphatic heterocycles. The van der Waals surface area contributed by atoms with Crippen molar-refractivity contribution in [3.63, 3.8) is 0 Å². The van der Waals surface area contributed by atoms with E-state index >= 15 is 0 Å². The molecule has 0 N–H and O–H groups in total. The average Bonchev–Trinajstić information content (AvgIpc) is 2.72. The Morgan fingerprint density at radius 3 is 2.92 bits per heavy atom. The lowest BCUT2D eigenvalue weighted by atomic mass is 10.1. The maximum Gasteiger partial charge on any atom is 0.166 e. The van der Waals surface area contributed by atoms with E-state index in [1.54, 1.807) is 12.3 Å². The predicted molar refractivity (Wildman–Crippen MR) is 45.1 cm³/mol. The summed E-state index contributed by atoms with van der Waals surface area (Å²) in [6.07, 6.45) is 4.74. The summed E-state index contributed by atoms with van der Waals surface area (Å²) in [6.45, 7) is 1.83. The third-order valence-electron chi connectivity index (χ3n) is 2.33. The van der Waals surface area contributed by atoms with Crippen LogP contribution in [0.15, 0.2) is 16.7 Å². The molecule has 0 saturated heterocycles. The van der Waals surface area contributed by atoms with Gasteiger partial charge in [-0.15, -0.1) is 0 Å². The molecule has 2 nitrogen and oxygen atoms in total. The molecular formula is C10H12O2. The van der Waals surface area contributed by atoms with E-state index < -0.39 is 0 Å².